The van der Waals surface area contributed by atoms with Crippen LogP contribution < -0.4 is 5.14 Å². The summed E-state index contributed by atoms with van der Waals surface area (Å²) in [6.45, 7) is 8.03. The van der Waals surface area contributed by atoms with Crippen molar-refractivity contribution < 1.29 is 17.5 Å². The average Bonchev–Trinajstić information content (AvgIpc) is 3.15. The van der Waals surface area contributed by atoms with Crippen molar-refractivity contribution in [2.75, 3.05) is 13.1 Å². The quantitative estimate of drug-likeness (QED) is 0.591. The minimum atomic E-state index is -4.02. The summed E-state index contributed by atoms with van der Waals surface area (Å²) in [7, 11) is -4.02. The fourth-order valence-electron chi connectivity index (χ4n) is 4.23. The van der Waals surface area contributed by atoms with E-state index in [0.29, 0.717) is 18.2 Å². The molecule has 0 aliphatic carbocycles. The molecule has 1 aliphatic heterocycles. The molecule has 33 heavy (non-hydrogen) atoms. The third kappa shape index (κ3) is 5.30. The molecule has 0 bridgehead atoms. The Morgan fingerprint density at radius 1 is 1.15 bits per heavy atom. The van der Waals surface area contributed by atoms with E-state index in [1.54, 1.807) is 0 Å². The van der Waals surface area contributed by atoms with E-state index in [-0.39, 0.29) is 28.7 Å². The Morgan fingerprint density at radius 2 is 1.82 bits per heavy atom. The van der Waals surface area contributed by atoms with Crippen LogP contribution in [0.5, 0.6) is 0 Å². The molecule has 2 aromatic carbocycles. The van der Waals surface area contributed by atoms with Crippen molar-refractivity contribution >= 4 is 10.0 Å². The molecule has 8 nitrogen and oxygen atoms in total. The van der Waals surface area contributed by atoms with Gasteiger partial charge in [-0.25, -0.2) is 27.6 Å². The van der Waals surface area contributed by atoms with Crippen LogP contribution in [-0.2, 0) is 21.3 Å². The summed E-state index contributed by atoms with van der Waals surface area (Å²) in [6, 6.07) is 13.3. The van der Waals surface area contributed by atoms with Crippen LogP contribution in [-0.4, -0.2) is 53.4 Å². The molecule has 176 valence electrons. The largest absolute Gasteiger partial charge is 0.373 e. The van der Waals surface area contributed by atoms with E-state index in [4.69, 9.17) is 14.9 Å². The van der Waals surface area contributed by atoms with E-state index in [1.165, 1.54) is 16.8 Å². The lowest BCUT2D eigenvalue weighted by molar-refractivity contribution is -0.0710. The molecular formula is C23H28FN5O3S. The lowest BCUT2D eigenvalue weighted by Gasteiger charge is -2.34. The fourth-order valence-corrected chi connectivity index (χ4v) is 4.76. The number of rotatable bonds is 6. The summed E-state index contributed by atoms with van der Waals surface area (Å²) in [6.07, 6.45) is 0.198. The first-order valence-corrected chi connectivity index (χ1v) is 12.4. The van der Waals surface area contributed by atoms with Crippen molar-refractivity contribution in [2.45, 2.75) is 50.3 Å². The van der Waals surface area contributed by atoms with Crippen molar-refractivity contribution in [2.24, 2.45) is 5.14 Å². The molecule has 0 radical (unpaired) electrons. The van der Waals surface area contributed by atoms with Crippen LogP contribution in [0.1, 0.15) is 43.9 Å². The Kier molecular flexibility index (Phi) is 6.62. The second-order valence-electron chi connectivity index (χ2n) is 8.54. The maximum atomic E-state index is 15.0. The molecule has 1 unspecified atom stereocenters. The van der Waals surface area contributed by atoms with Crippen molar-refractivity contribution in [3.8, 4) is 5.69 Å². The SMILES string of the molecule is CC(c1ccccc1)c1nc(CN2C[C@@H](C)O[C@@H](C)C2)nn1-c1ccc(S(N)(=O)=O)cc1F. The molecule has 4 rings (SSSR count). The van der Waals surface area contributed by atoms with Gasteiger partial charge in [0.1, 0.15) is 17.3 Å². The number of primary sulfonamides is 1. The van der Waals surface area contributed by atoms with Gasteiger partial charge in [0.25, 0.3) is 0 Å². The Hall–Kier alpha value is -2.66. The highest BCUT2D eigenvalue weighted by Gasteiger charge is 2.26. The summed E-state index contributed by atoms with van der Waals surface area (Å²) >= 11 is 0. The van der Waals surface area contributed by atoms with Crippen molar-refractivity contribution in [3.05, 3.63) is 71.6 Å². The lowest BCUT2D eigenvalue weighted by atomic mass is 10.0. The molecule has 1 aromatic heterocycles. The first-order valence-electron chi connectivity index (χ1n) is 10.8. The predicted octanol–water partition coefficient (Wildman–Crippen LogP) is 2.81. The van der Waals surface area contributed by atoms with Crippen LogP contribution in [0.3, 0.4) is 0 Å². The van der Waals surface area contributed by atoms with E-state index >= 15 is 4.39 Å². The van der Waals surface area contributed by atoms with Crippen molar-refractivity contribution in [1.82, 2.24) is 19.7 Å². The maximum absolute atomic E-state index is 15.0. The molecule has 1 aliphatic rings. The zero-order valence-electron chi connectivity index (χ0n) is 18.8. The second-order valence-corrected chi connectivity index (χ2v) is 10.1. The molecule has 3 atom stereocenters. The molecule has 2 N–H and O–H groups in total. The van der Waals surface area contributed by atoms with Gasteiger partial charge in [-0.15, -0.1) is 5.10 Å². The molecule has 2 heterocycles. The lowest BCUT2D eigenvalue weighted by Crippen LogP contribution is -2.45. The van der Waals surface area contributed by atoms with Gasteiger partial charge < -0.3 is 4.74 Å². The second kappa shape index (κ2) is 9.30. The number of halogens is 1. The molecule has 1 fully saturated rings. The molecule has 0 amide bonds. The van der Waals surface area contributed by atoms with Gasteiger partial charge in [-0.3, -0.25) is 4.90 Å². The number of sulfonamides is 1. The van der Waals surface area contributed by atoms with Crippen molar-refractivity contribution in [1.29, 1.82) is 0 Å². The summed E-state index contributed by atoms with van der Waals surface area (Å²) in [5.74, 6) is 0.206. The number of benzene rings is 2. The molecule has 10 heteroatoms. The van der Waals surface area contributed by atoms with Crippen LogP contribution in [0.15, 0.2) is 53.4 Å². The summed E-state index contributed by atoms with van der Waals surface area (Å²) in [4.78, 5) is 6.70. The Bertz CT molecular complexity index is 1220. The smallest absolute Gasteiger partial charge is 0.238 e. The van der Waals surface area contributed by atoms with Gasteiger partial charge in [-0.05, 0) is 37.6 Å². The first kappa shape index (κ1) is 23.5. The van der Waals surface area contributed by atoms with Crippen LogP contribution in [0.2, 0.25) is 0 Å². The van der Waals surface area contributed by atoms with E-state index < -0.39 is 15.8 Å². The van der Waals surface area contributed by atoms with E-state index in [0.717, 1.165) is 24.7 Å². The van der Waals surface area contributed by atoms with Gasteiger partial charge in [0, 0.05) is 19.0 Å². The number of nitrogens with zero attached hydrogens (tertiary/aromatic N) is 4. The van der Waals surface area contributed by atoms with E-state index in [9.17, 15) is 8.42 Å². The Balaban J connectivity index is 1.75. The van der Waals surface area contributed by atoms with Crippen LogP contribution in [0.25, 0.3) is 5.69 Å². The summed E-state index contributed by atoms with van der Waals surface area (Å²) in [5.41, 5.74) is 1.12. The highest BCUT2D eigenvalue weighted by molar-refractivity contribution is 7.89. The fraction of sp³-hybridized carbons (Fsp3) is 0.391. The van der Waals surface area contributed by atoms with E-state index in [2.05, 4.69) is 10.00 Å². The minimum absolute atomic E-state index is 0.0988. The van der Waals surface area contributed by atoms with E-state index in [1.807, 2.05) is 51.1 Å². The Morgan fingerprint density at radius 3 is 2.42 bits per heavy atom. The number of morpholine rings is 1. The number of hydrogen-bond donors (Lipinski definition) is 1. The third-order valence-electron chi connectivity index (χ3n) is 5.70. The maximum Gasteiger partial charge on any atom is 0.238 e. The van der Waals surface area contributed by atoms with Gasteiger partial charge in [-0.1, -0.05) is 37.3 Å². The minimum Gasteiger partial charge on any atom is -0.373 e. The van der Waals surface area contributed by atoms with Gasteiger partial charge in [0.2, 0.25) is 10.0 Å². The number of ether oxygens (including phenoxy) is 1. The van der Waals surface area contributed by atoms with Crippen LogP contribution in [0.4, 0.5) is 4.39 Å². The van der Waals surface area contributed by atoms with Gasteiger partial charge in [0.05, 0.1) is 23.6 Å². The topological polar surface area (TPSA) is 103 Å². The number of aromatic nitrogens is 3. The van der Waals surface area contributed by atoms with Gasteiger partial charge >= 0.3 is 0 Å². The standard InChI is InChI=1S/C23H28FN5O3S/c1-15-12-28(13-16(2)32-15)14-22-26-23(17(3)18-7-5-4-6-8-18)29(27-22)21-10-9-19(11-20(21)24)33(25,30)31/h4-11,15-17H,12-14H2,1-3H3,(H2,25,30,31)/t15-,16+,17?. The molecule has 3 aromatic rings. The third-order valence-corrected chi connectivity index (χ3v) is 6.61. The Labute approximate surface area is 193 Å². The van der Waals surface area contributed by atoms with Gasteiger partial charge in [0.15, 0.2) is 5.82 Å². The number of nitrogens with two attached hydrogens (primary N) is 1. The summed E-state index contributed by atoms with van der Waals surface area (Å²) in [5, 5.41) is 9.78. The zero-order chi connectivity index (χ0) is 23.8. The van der Waals surface area contributed by atoms with Crippen LogP contribution >= 0.6 is 0 Å². The molecule has 1 saturated heterocycles. The monoisotopic (exact) mass is 473 g/mol. The first-order chi connectivity index (χ1) is 15.6. The molecule has 0 saturated carbocycles. The summed E-state index contributed by atoms with van der Waals surface area (Å²) < 4.78 is 45.6. The zero-order valence-corrected chi connectivity index (χ0v) is 19.7. The highest BCUT2D eigenvalue weighted by atomic mass is 32.2. The molecular weight excluding hydrogens is 445 g/mol. The molecule has 0 spiro atoms. The average molecular weight is 474 g/mol. The normalized spacial score (nSPS) is 20.6. The number of hydrogen-bond acceptors (Lipinski definition) is 6. The van der Waals surface area contributed by atoms with Crippen LogP contribution in [0, 0.1) is 5.82 Å². The van der Waals surface area contributed by atoms with Gasteiger partial charge in [-0.2, -0.15) is 0 Å². The predicted molar refractivity (Wildman–Crippen MR) is 122 cm³/mol. The highest BCUT2D eigenvalue weighted by Crippen LogP contribution is 2.27. The van der Waals surface area contributed by atoms with Crippen molar-refractivity contribution in [3.63, 3.8) is 0 Å².